The Morgan fingerprint density at radius 2 is 1.77 bits per heavy atom. The minimum absolute atomic E-state index is 0.0788. The standard InChI is InChI=1S/C21H20N4O4S/c1-3-12-25-18(26)13-30-21(25)24-23-20(28)15-4-8-16(9-5-15)22-19(27)14-6-10-17(29-2)11-7-14/h3-11H,1,12-13H2,2H3,(H,22,27)(H,23,28)/b24-21-. The highest BCUT2D eigenvalue weighted by Gasteiger charge is 2.27. The molecule has 1 heterocycles. The van der Waals surface area contributed by atoms with Gasteiger partial charge in [0.1, 0.15) is 5.75 Å². The number of ether oxygens (including phenoxy) is 1. The molecule has 0 saturated carbocycles. The first-order valence-electron chi connectivity index (χ1n) is 8.99. The van der Waals surface area contributed by atoms with Crippen LogP contribution in [-0.4, -0.2) is 47.2 Å². The van der Waals surface area contributed by atoms with E-state index in [1.807, 2.05) is 0 Å². The number of nitrogens with one attached hydrogen (secondary N) is 2. The van der Waals surface area contributed by atoms with Crippen molar-refractivity contribution in [1.29, 1.82) is 0 Å². The second-order valence-corrected chi connectivity index (χ2v) is 7.12. The molecule has 1 aliphatic heterocycles. The second kappa shape index (κ2) is 9.75. The number of hydrazone groups is 1. The molecule has 0 aliphatic carbocycles. The molecule has 8 nitrogen and oxygen atoms in total. The van der Waals surface area contributed by atoms with E-state index in [1.54, 1.807) is 61.7 Å². The Morgan fingerprint density at radius 3 is 2.40 bits per heavy atom. The average Bonchev–Trinajstić information content (AvgIpc) is 3.12. The van der Waals surface area contributed by atoms with Crippen LogP contribution >= 0.6 is 11.8 Å². The summed E-state index contributed by atoms with van der Waals surface area (Å²) < 4.78 is 5.07. The molecule has 1 saturated heterocycles. The third-order valence-electron chi connectivity index (χ3n) is 4.18. The van der Waals surface area contributed by atoms with E-state index in [1.165, 1.54) is 16.7 Å². The van der Waals surface area contributed by atoms with E-state index in [0.29, 0.717) is 34.3 Å². The molecule has 30 heavy (non-hydrogen) atoms. The zero-order valence-electron chi connectivity index (χ0n) is 16.3. The summed E-state index contributed by atoms with van der Waals surface area (Å²) in [6.45, 7) is 3.95. The number of hydrogen-bond acceptors (Lipinski definition) is 6. The van der Waals surface area contributed by atoms with Crippen LogP contribution in [0, 0.1) is 0 Å². The molecule has 3 amide bonds. The lowest BCUT2D eigenvalue weighted by molar-refractivity contribution is -0.123. The van der Waals surface area contributed by atoms with Gasteiger partial charge >= 0.3 is 0 Å². The topological polar surface area (TPSA) is 100 Å². The van der Waals surface area contributed by atoms with Crippen molar-refractivity contribution in [2.24, 2.45) is 5.10 Å². The number of benzene rings is 2. The normalized spacial score (nSPS) is 14.5. The fraction of sp³-hybridized carbons (Fsp3) is 0.143. The minimum Gasteiger partial charge on any atom is -0.497 e. The van der Waals surface area contributed by atoms with Crippen LogP contribution in [0.5, 0.6) is 5.75 Å². The number of hydrogen-bond donors (Lipinski definition) is 2. The number of carbonyl (C=O) groups is 3. The molecule has 3 rings (SSSR count). The summed E-state index contributed by atoms with van der Waals surface area (Å²) in [7, 11) is 1.56. The Kier molecular flexibility index (Phi) is 6.87. The molecule has 2 aromatic rings. The molecule has 9 heteroatoms. The summed E-state index contributed by atoms with van der Waals surface area (Å²) in [4.78, 5) is 37.8. The fourth-order valence-electron chi connectivity index (χ4n) is 2.60. The van der Waals surface area contributed by atoms with Gasteiger partial charge in [-0.25, -0.2) is 5.43 Å². The highest BCUT2D eigenvalue weighted by atomic mass is 32.2. The lowest BCUT2D eigenvalue weighted by Gasteiger charge is -2.12. The number of amides is 3. The maximum atomic E-state index is 12.3. The summed E-state index contributed by atoms with van der Waals surface area (Å²) in [5, 5.41) is 7.23. The molecule has 2 aromatic carbocycles. The molecule has 1 aliphatic rings. The molecule has 0 radical (unpaired) electrons. The number of amidine groups is 1. The summed E-state index contributed by atoms with van der Waals surface area (Å²) in [5.74, 6) is 0.175. The molecule has 154 valence electrons. The zero-order valence-corrected chi connectivity index (χ0v) is 17.1. The van der Waals surface area contributed by atoms with Crippen LogP contribution in [-0.2, 0) is 4.79 Å². The fourth-order valence-corrected chi connectivity index (χ4v) is 3.45. The Bertz CT molecular complexity index is 987. The van der Waals surface area contributed by atoms with E-state index in [-0.39, 0.29) is 17.6 Å². The van der Waals surface area contributed by atoms with Crippen molar-refractivity contribution in [3.8, 4) is 5.75 Å². The molecule has 0 unspecified atom stereocenters. The van der Waals surface area contributed by atoms with Gasteiger partial charge in [-0.2, -0.15) is 0 Å². The van der Waals surface area contributed by atoms with Gasteiger partial charge in [0.15, 0.2) is 5.17 Å². The van der Waals surface area contributed by atoms with E-state index in [0.717, 1.165) is 0 Å². The van der Waals surface area contributed by atoms with Crippen molar-refractivity contribution in [3.05, 3.63) is 72.3 Å². The summed E-state index contributed by atoms with van der Waals surface area (Å²) in [6.07, 6.45) is 1.60. The first-order chi connectivity index (χ1) is 14.5. The molecular formula is C21H20N4O4S. The van der Waals surface area contributed by atoms with Crippen LogP contribution in [0.3, 0.4) is 0 Å². The van der Waals surface area contributed by atoms with Crippen molar-refractivity contribution in [1.82, 2.24) is 10.3 Å². The van der Waals surface area contributed by atoms with Crippen molar-refractivity contribution >= 4 is 40.3 Å². The van der Waals surface area contributed by atoms with Crippen molar-refractivity contribution in [2.45, 2.75) is 0 Å². The van der Waals surface area contributed by atoms with Crippen molar-refractivity contribution < 1.29 is 19.1 Å². The Labute approximate surface area is 178 Å². The lowest BCUT2D eigenvalue weighted by Crippen LogP contribution is -2.31. The highest BCUT2D eigenvalue weighted by Crippen LogP contribution is 2.19. The summed E-state index contributed by atoms with van der Waals surface area (Å²) in [5.41, 5.74) is 3.85. The third-order valence-corrected chi connectivity index (χ3v) is 5.14. The van der Waals surface area contributed by atoms with Crippen LogP contribution < -0.4 is 15.5 Å². The third kappa shape index (κ3) is 5.06. The van der Waals surface area contributed by atoms with Gasteiger partial charge in [-0.05, 0) is 48.5 Å². The molecule has 0 aromatic heterocycles. The number of carbonyl (C=O) groups excluding carboxylic acids is 3. The van der Waals surface area contributed by atoms with Crippen LogP contribution in [0.2, 0.25) is 0 Å². The monoisotopic (exact) mass is 424 g/mol. The zero-order chi connectivity index (χ0) is 21.5. The molecule has 1 fully saturated rings. The van der Waals surface area contributed by atoms with E-state index < -0.39 is 5.91 Å². The van der Waals surface area contributed by atoms with Crippen LogP contribution in [0.25, 0.3) is 0 Å². The predicted molar refractivity (Wildman–Crippen MR) is 117 cm³/mol. The number of methoxy groups -OCH3 is 1. The van der Waals surface area contributed by atoms with Gasteiger partial charge in [-0.1, -0.05) is 17.8 Å². The first kappa shape index (κ1) is 21.1. The maximum absolute atomic E-state index is 12.3. The lowest BCUT2D eigenvalue weighted by atomic mass is 10.1. The molecule has 0 spiro atoms. The molecule has 2 N–H and O–H groups in total. The quantitative estimate of drug-likeness (QED) is 0.526. The van der Waals surface area contributed by atoms with Crippen LogP contribution in [0.4, 0.5) is 5.69 Å². The summed E-state index contributed by atoms with van der Waals surface area (Å²) >= 11 is 1.25. The van der Waals surface area contributed by atoms with Crippen LogP contribution in [0.15, 0.2) is 66.3 Å². The first-order valence-corrected chi connectivity index (χ1v) is 9.98. The largest absolute Gasteiger partial charge is 0.497 e. The van der Waals surface area contributed by atoms with Gasteiger partial charge in [-0.3, -0.25) is 19.3 Å². The predicted octanol–water partition coefficient (Wildman–Crippen LogP) is 2.71. The van der Waals surface area contributed by atoms with Gasteiger partial charge in [-0.15, -0.1) is 11.7 Å². The summed E-state index contributed by atoms with van der Waals surface area (Å²) in [6, 6.07) is 13.1. The van der Waals surface area contributed by atoms with E-state index in [9.17, 15) is 14.4 Å². The number of anilines is 1. The average molecular weight is 424 g/mol. The SMILES string of the molecule is C=CCN1C(=O)CS/C1=N\NC(=O)c1ccc(NC(=O)c2ccc(OC)cc2)cc1. The van der Waals surface area contributed by atoms with Crippen molar-refractivity contribution in [3.63, 3.8) is 0 Å². The highest BCUT2D eigenvalue weighted by molar-refractivity contribution is 8.15. The minimum atomic E-state index is -0.422. The van der Waals surface area contributed by atoms with Gasteiger partial charge < -0.3 is 10.1 Å². The van der Waals surface area contributed by atoms with E-state index in [4.69, 9.17) is 4.74 Å². The van der Waals surface area contributed by atoms with Gasteiger partial charge in [0.05, 0.1) is 12.9 Å². The van der Waals surface area contributed by atoms with Gasteiger partial charge in [0.25, 0.3) is 11.8 Å². The Morgan fingerprint density at radius 1 is 1.13 bits per heavy atom. The Hall–Kier alpha value is -3.59. The molecule has 0 atom stereocenters. The van der Waals surface area contributed by atoms with Crippen molar-refractivity contribution in [2.75, 3.05) is 24.7 Å². The van der Waals surface area contributed by atoms with Gasteiger partial charge in [0.2, 0.25) is 5.91 Å². The maximum Gasteiger partial charge on any atom is 0.271 e. The smallest absolute Gasteiger partial charge is 0.271 e. The Balaban J connectivity index is 1.60. The van der Waals surface area contributed by atoms with E-state index in [2.05, 4.69) is 22.4 Å². The van der Waals surface area contributed by atoms with E-state index >= 15 is 0 Å². The van der Waals surface area contributed by atoms with Crippen LogP contribution in [0.1, 0.15) is 20.7 Å². The number of rotatable bonds is 7. The molecule has 0 bridgehead atoms. The number of thioether (sulfide) groups is 1. The second-order valence-electron chi connectivity index (χ2n) is 6.18. The number of nitrogens with zero attached hydrogens (tertiary/aromatic N) is 2. The molecular weight excluding hydrogens is 404 g/mol. The van der Waals surface area contributed by atoms with Gasteiger partial charge in [0, 0.05) is 23.4 Å².